The molecule has 2 aromatic rings. The van der Waals surface area contributed by atoms with Crippen molar-refractivity contribution in [2.75, 3.05) is 5.32 Å². The zero-order valence-electron chi connectivity index (χ0n) is 7.66. The van der Waals surface area contributed by atoms with E-state index in [1.807, 2.05) is 0 Å². The van der Waals surface area contributed by atoms with Crippen LogP contribution in [0, 0.1) is 0 Å². The highest BCUT2D eigenvalue weighted by Crippen LogP contribution is 2.28. The summed E-state index contributed by atoms with van der Waals surface area (Å²) in [5.74, 6) is 0. The maximum atomic E-state index is 3.46. The highest BCUT2D eigenvalue weighted by atomic mass is 79.9. The lowest BCUT2D eigenvalue weighted by Crippen LogP contribution is -2.03. The maximum absolute atomic E-state index is 3.46. The Hall–Kier alpha value is -0.320. The van der Waals surface area contributed by atoms with Crippen molar-refractivity contribution < 1.29 is 0 Å². The fourth-order valence-corrected chi connectivity index (χ4v) is 3.27. The number of anilines is 1. The Labute approximate surface area is 99.9 Å². The van der Waals surface area contributed by atoms with Crippen LogP contribution in [-0.4, -0.2) is 0 Å². The van der Waals surface area contributed by atoms with Crippen LogP contribution < -0.4 is 5.32 Å². The SMILES string of the molecule is CC(Nc1ccsc1)c1cc(Br)cs1. The zero-order chi connectivity index (χ0) is 9.97. The van der Waals surface area contributed by atoms with Crippen molar-refractivity contribution in [2.24, 2.45) is 0 Å². The molecule has 0 saturated heterocycles. The molecule has 0 aliphatic heterocycles. The molecule has 4 heteroatoms. The average Bonchev–Trinajstić information content (AvgIpc) is 2.75. The van der Waals surface area contributed by atoms with Gasteiger partial charge in [0, 0.05) is 25.8 Å². The molecule has 1 unspecified atom stereocenters. The van der Waals surface area contributed by atoms with Crippen molar-refractivity contribution in [2.45, 2.75) is 13.0 Å². The smallest absolute Gasteiger partial charge is 0.0579 e. The first-order chi connectivity index (χ1) is 6.75. The number of hydrogen-bond donors (Lipinski definition) is 1. The Balaban J connectivity index is 2.06. The summed E-state index contributed by atoms with van der Waals surface area (Å²) in [6.45, 7) is 2.18. The third-order valence-electron chi connectivity index (χ3n) is 1.92. The van der Waals surface area contributed by atoms with Gasteiger partial charge in [-0.1, -0.05) is 0 Å². The fourth-order valence-electron chi connectivity index (χ4n) is 1.22. The second-order valence-corrected chi connectivity index (χ2v) is 5.68. The minimum atomic E-state index is 0.376. The fraction of sp³-hybridized carbons (Fsp3) is 0.200. The number of hydrogen-bond acceptors (Lipinski definition) is 3. The van der Waals surface area contributed by atoms with E-state index >= 15 is 0 Å². The van der Waals surface area contributed by atoms with Crippen LogP contribution in [0.15, 0.2) is 32.7 Å². The van der Waals surface area contributed by atoms with Crippen LogP contribution in [0.3, 0.4) is 0 Å². The summed E-state index contributed by atoms with van der Waals surface area (Å²) in [7, 11) is 0. The number of rotatable bonds is 3. The molecular formula is C10H10BrNS2. The van der Waals surface area contributed by atoms with Crippen LogP contribution in [-0.2, 0) is 0 Å². The summed E-state index contributed by atoms with van der Waals surface area (Å²) in [6.07, 6.45) is 0. The Morgan fingerprint density at radius 1 is 1.43 bits per heavy atom. The molecule has 0 radical (unpaired) electrons. The molecule has 2 heterocycles. The molecule has 2 aromatic heterocycles. The summed E-state index contributed by atoms with van der Waals surface area (Å²) < 4.78 is 1.16. The molecule has 0 amide bonds. The first kappa shape index (κ1) is 10.2. The van der Waals surface area contributed by atoms with Crippen molar-refractivity contribution in [3.05, 3.63) is 37.6 Å². The van der Waals surface area contributed by atoms with E-state index in [0.29, 0.717) is 6.04 Å². The Morgan fingerprint density at radius 3 is 2.86 bits per heavy atom. The van der Waals surface area contributed by atoms with Gasteiger partial charge in [-0.2, -0.15) is 11.3 Å². The molecule has 0 fully saturated rings. The average molecular weight is 288 g/mol. The molecule has 0 spiro atoms. The Kier molecular flexibility index (Phi) is 3.26. The van der Waals surface area contributed by atoms with Gasteiger partial charge in [0.2, 0.25) is 0 Å². The largest absolute Gasteiger partial charge is 0.377 e. The quantitative estimate of drug-likeness (QED) is 0.859. The third kappa shape index (κ3) is 2.38. The predicted molar refractivity (Wildman–Crippen MR) is 68.4 cm³/mol. The van der Waals surface area contributed by atoms with Crippen LogP contribution in [0.2, 0.25) is 0 Å². The van der Waals surface area contributed by atoms with Crippen LogP contribution in [0.4, 0.5) is 5.69 Å². The lowest BCUT2D eigenvalue weighted by atomic mass is 10.2. The molecule has 0 aliphatic rings. The van der Waals surface area contributed by atoms with Crippen LogP contribution in [0.5, 0.6) is 0 Å². The molecule has 1 nitrogen and oxygen atoms in total. The van der Waals surface area contributed by atoms with Crippen molar-refractivity contribution in [3.8, 4) is 0 Å². The summed E-state index contributed by atoms with van der Waals surface area (Å²) in [4.78, 5) is 1.35. The molecule has 2 rings (SSSR count). The lowest BCUT2D eigenvalue weighted by molar-refractivity contribution is 0.909. The molecule has 0 saturated carbocycles. The molecule has 74 valence electrons. The van der Waals surface area contributed by atoms with Gasteiger partial charge in [0.25, 0.3) is 0 Å². The van der Waals surface area contributed by atoms with E-state index in [1.165, 1.54) is 10.6 Å². The minimum absolute atomic E-state index is 0.376. The molecule has 0 bridgehead atoms. The van der Waals surface area contributed by atoms with Gasteiger partial charge >= 0.3 is 0 Å². The van der Waals surface area contributed by atoms with Gasteiger partial charge in [-0.05, 0) is 40.4 Å². The molecule has 1 atom stereocenters. The van der Waals surface area contributed by atoms with Gasteiger partial charge in [0.15, 0.2) is 0 Å². The van der Waals surface area contributed by atoms with E-state index in [2.05, 4.69) is 56.4 Å². The lowest BCUT2D eigenvalue weighted by Gasteiger charge is -2.11. The van der Waals surface area contributed by atoms with Gasteiger partial charge in [-0.3, -0.25) is 0 Å². The first-order valence-electron chi connectivity index (χ1n) is 4.28. The number of halogens is 1. The maximum Gasteiger partial charge on any atom is 0.0579 e. The van der Waals surface area contributed by atoms with Gasteiger partial charge in [0.05, 0.1) is 6.04 Å². The van der Waals surface area contributed by atoms with Crippen molar-refractivity contribution >= 4 is 44.3 Å². The van der Waals surface area contributed by atoms with Gasteiger partial charge in [-0.25, -0.2) is 0 Å². The van der Waals surface area contributed by atoms with Crippen molar-refractivity contribution in [1.29, 1.82) is 0 Å². The third-order valence-corrected chi connectivity index (χ3v) is 4.48. The van der Waals surface area contributed by atoms with E-state index in [1.54, 1.807) is 22.7 Å². The van der Waals surface area contributed by atoms with Gasteiger partial charge in [0.1, 0.15) is 0 Å². The number of thiophene rings is 2. The molecular weight excluding hydrogens is 278 g/mol. The second-order valence-electron chi connectivity index (χ2n) is 3.05. The Morgan fingerprint density at radius 2 is 2.29 bits per heavy atom. The van der Waals surface area contributed by atoms with Crippen LogP contribution >= 0.6 is 38.6 Å². The van der Waals surface area contributed by atoms with Crippen LogP contribution in [0.25, 0.3) is 0 Å². The monoisotopic (exact) mass is 287 g/mol. The summed E-state index contributed by atoms with van der Waals surface area (Å²) in [5, 5.41) is 9.77. The summed E-state index contributed by atoms with van der Waals surface area (Å²) in [6, 6.07) is 4.64. The highest BCUT2D eigenvalue weighted by Gasteiger charge is 2.07. The van der Waals surface area contributed by atoms with Gasteiger partial charge in [-0.15, -0.1) is 11.3 Å². The van der Waals surface area contributed by atoms with E-state index in [-0.39, 0.29) is 0 Å². The zero-order valence-corrected chi connectivity index (χ0v) is 10.9. The first-order valence-corrected chi connectivity index (χ1v) is 6.90. The van der Waals surface area contributed by atoms with E-state index in [0.717, 1.165) is 4.47 Å². The van der Waals surface area contributed by atoms with E-state index in [9.17, 15) is 0 Å². The highest BCUT2D eigenvalue weighted by molar-refractivity contribution is 9.10. The summed E-state index contributed by atoms with van der Waals surface area (Å²) in [5.41, 5.74) is 1.20. The topological polar surface area (TPSA) is 12.0 Å². The molecule has 0 aromatic carbocycles. The van der Waals surface area contributed by atoms with Crippen molar-refractivity contribution in [3.63, 3.8) is 0 Å². The van der Waals surface area contributed by atoms with Crippen LogP contribution in [0.1, 0.15) is 17.8 Å². The van der Waals surface area contributed by atoms with E-state index in [4.69, 9.17) is 0 Å². The Bertz CT molecular complexity index is 394. The predicted octanol–water partition coefficient (Wildman–Crippen LogP) is 4.75. The molecule has 14 heavy (non-hydrogen) atoms. The van der Waals surface area contributed by atoms with E-state index < -0.39 is 0 Å². The van der Waals surface area contributed by atoms with Gasteiger partial charge < -0.3 is 5.32 Å². The minimum Gasteiger partial charge on any atom is -0.377 e. The normalized spacial score (nSPS) is 12.7. The second kappa shape index (κ2) is 4.47. The summed E-state index contributed by atoms with van der Waals surface area (Å²) >= 11 is 6.95. The molecule has 1 N–H and O–H groups in total. The standard InChI is InChI=1S/C10H10BrNS2/c1-7(10-4-8(11)5-14-10)12-9-2-3-13-6-9/h2-7,12H,1H3. The number of nitrogens with one attached hydrogen (secondary N) is 1. The van der Waals surface area contributed by atoms with Crippen molar-refractivity contribution in [1.82, 2.24) is 0 Å². The molecule has 0 aliphatic carbocycles.